The van der Waals surface area contributed by atoms with Gasteiger partial charge in [0.1, 0.15) is 0 Å². The van der Waals surface area contributed by atoms with Crippen molar-refractivity contribution in [3.05, 3.63) is 57.8 Å². The number of hydrogen-bond donors (Lipinski definition) is 2. The standard InChI is InChI=1S/C22H30N4O2S2.HI/c1-2-23-22(25-19-10-13-30(27,28)16-19)24-14-20(17-6-4-3-5-7-17)26-11-8-21-18(15-26)9-12-29-21;/h3-7,9,12,19-20H,2,8,10-11,13-16H2,1H3,(H2,23,24,25);1H. The number of sulfone groups is 1. The predicted molar refractivity (Wildman–Crippen MR) is 139 cm³/mol. The first-order valence-corrected chi connectivity index (χ1v) is 13.3. The fourth-order valence-electron chi connectivity index (χ4n) is 4.24. The summed E-state index contributed by atoms with van der Waals surface area (Å²) in [7, 11) is -2.92. The van der Waals surface area contributed by atoms with Gasteiger partial charge in [0.25, 0.3) is 0 Å². The van der Waals surface area contributed by atoms with E-state index in [1.165, 1.54) is 16.0 Å². The van der Waals surface area contributed by atoms with Crippen LogP contribution in [0.4, 0.5) is 0 Å². The lowest BCUT2D eigenvalue weighted by atomic mass is 10.0. The van der Waals surface area contributed by atoms with E-state index in [1.54, 1.807) is 0 Å². The minimum atomic E-state index is -2.92. The van der Waals surface area contributed by atoms with Gasteiger partial charge in [-0.25, -0.2) is 8.42 Å². The van der Waals surface area contributed by atoms with Crippen LogP contribution in [0, 0.1) is 0 Å². The van der Waals surface area contributed by atoms with Crippen molar-refractivity contribution in [1.29, 1.82) is 0 Å². The molecule has 2 atom stereocenters. The van der Waals surface area contributed by atoms with Gasteiger partial charge in [-0.15, -0.1) is 35.3 Å². The maximum atomic E-state index is 11.8. The molecule has 170 valence electrons. The summed E-state index contributed by atoms with van der Waals surface area (Å²) in [6, 6.07) is 12.9. The Morgan fingerprint density at radius 3 is 2.81 bits per heavy atom. The molecule has 0 radical (unpaired) electrons. The number of guanidine groups is 1. The lowest BCUT2D eigenvalue weighted by Gasteiger charge is -2.34. The SMILES string of the molecule is CCNC(=NCC(c1ccccc1)N1CCc2sccc2C1)NC1CCS(=O)(=O)C1.I. The summed E-state index contributed by atoms with van der Waals surface area (Å²) in [5.74, 6) is 1.15. The van der Waals surface area contributed by atoms with Crippen LogP contribution in [0.2, 0.25) is 0 Å². The smallest absolute Gasteiger partial charge is 0.191 e. The van der Waals surface area contributed by atoms with Crippen LogP contribution >= 0.6 is 35.3 Å². The topological polar surface area (TPSA) is 73.8 Å². The van der Waals surface area contributed by atoms with Gasteiger partial charge in [0.05, 0.1) is 24.1 Å². The molecule has 0 spiro atoms. The lowest BCUT2D eigenvalue weighted by molar-refractivity contribution is 0.185. The van der Waals surface area contributed by atoms with E-state index < -0.39 is 9.84 Å². The number of aliphatic imine (C=N–C) groups is 1. The summed E-state index contributed by atoms with van der Waals surface area (Å²) in [5, 5.41) is 8.81. The summed E-state index contributed by atoms with van der Waals surface area (Å²) < 4.78 is 23.6. The van der Waals surface area contributed by atoms with Gasteiger partial charge in [-0.3, -0.25) is 9.89 Å². The molecular formula is C22H31IN4O2S2. The van der Waals surface area contributed by atoms with Crippen molar-refractivity contribution in [2.24, 2.45) is 4.99 Å². The second kappa shape index (κ2) is 11.1. The van der Waals surface area contributed by atoms with Gasteiger partial charge < -0.3 is 10.6 Å². The predicted octanol–water partition coefficient (Wildman–Crippen LogP) is 3.21. The molecule has 0 amide bonds. The molecule has 0 saturated carbocycles. The summed E-state index contributed by atoms with van der Waals surface area (Å²) in [6.45, 7) is 5.35. The van der Waals surface area contributed by atoms with Crippen molar-refractivity contribution in [2.45, 2.75) is 38.4 Å². The van der Waals surface area contributed by atoms with Crippen LogP contribution in [0.1, 0.15) is 35.4 Å². The molecule has 3 heterocycles. The van der Waals surface area contributed by atoms with Gasteiger partial charge >= 0.3 is 0 Å². The Kier molecular flexibility index (Phi) is 8.77. The third-order valence-electron chi connectivity index (χ3n) is 5.80. The monoisotopic (exact) mass is 574 g/mol. The highest BCUT2D eigenvalue weighted by atomic mass is 127. The first kappa shape index (κ1) is 24.5. The Bertz CT molecular complexity index is 978. The highest BCUT2D eigenvalue weighted by Crippen LogP contribution is 2.30. The molecule has 2 aliphatic rings. The first-order valence-electron chi connectivity index (χ1n) is 10.6. The van der Waals surface area contributed by atoms with Crippen LogP contribution in [-0.4, -0.2) is 56.5 Å². The second-order valence-corrected chi connectivity index (χ2v) is 11.2. The molecule has 6 nitrogen and oxygen atoms in total. The van der Waals surface area contributed by atoms with Gasteiger partial charge in [-0.1, -0.05) is 30.3 Å². The van der Waals surface area contributed by atoms with E-state index >= 15 is 0 Å². The maximum absolute atomic E-state index is 11.8. The van der Waals surface area contributed by atoms with Crippen molar-refractivity contribution in [3.8, 4) is 0 Å². The van der Waals surface area contributed by atoms with E-state index in [0.29, 0.717) is 18.9 Å². The third-order valence-corrected chi connectivity index (χ3v) is 8.59. The number of halogens is 1. The Morgan fingerprint density at radius 1 is 1.29 bits per heavy atom. The fourth-order valence-corrected chi connectivity index (χ4v) is 6.81. The largest absolute Gasteiger partial charge is 0.357 e. The van der Waals surface area contributed by atoms with Crippen LogP contribution in [0.15, 0.2) is 46.8 Å². The number of thiophene rings is 1. The highest BCUT2D eigenvalue weighted by molar-refractivity contribution is 14.0. The maximum Gasteiger partial charge on any atom is 0.191 e. The zero-order chi connectivity index (χ0) is 21.0. The van der Waals surface area contributed by atoms with E-state index in [4.69, 9.17) is 4.99 Å². The van der Waals surface area contributed by atoms with Crippen molar-refractivity contribution < 1.29 is 8.42 Å². The molecule has 1 aromatic heterocycles. The molecule has 2 aliphatic heterocycles. The second-order valence-electron chi connectivity index (χ2n) is 7.98. The third kappa shape index (κ3) is 6.43. The van der Waals surface area contributed by atoms with Crippen LogP contribution in [-0.2, 0) is 22.8 Å². The van der Waals surface area contributed by atoms with Gasteiger partial charge in [-0.05, 0) is 42.3 Å². The average Bonchev–Trinajstić information content (AvgIpc) is 3.34. The molecular weight excluding hydrogens is 543 g/mol. The van der Waals surface area contributed by atoms with Crippen LogP contribution in [0.25, 0.3) is 0 Å². The van der Waals surface area contributed by atoms with E-state index in [-0.39, 0.29) is 47.6 Å². The van der Waals surface area contributed by atoms with E-state index in [9.17, 15) is 8.42 Å². The summed E-state index contributed by atoms with van der Waals surface area (Å²) >= 11 is 1.85. The fraction of sp³-hybridized carbons (Fsp3) is 0.500. The lowest BCUT2D eigenvalue weighted by Crippen LogP contribution is -2.44. The Balaban J connectivity index is 0.00000272. The van der Waals surface area contributed by atoms with E-state index in [0.717, 1.165) is 26.1 Å². The minimum absolute atomic E-state index is 0. The van der Waals surface area contributed by atoms with Crippen LogP contribution in [0.5, 0.6) is 0 Å². The average molecular weight is 575 g/mol. The molecule has 9 heteroatoms. The van der Waals surface area contributed by atoms with Gasteiger partial charge in [0, 0.05) is 30.6 Å². The van der Waals surface area contributed by atoms with E-state index in [2.05, 4.69) is 51.2 Å². The van der Waals surface area contributed by atoms with Crippen molar-refractivity contribution in [1.82, 2.24) is 15.5 Å². The number of rotatable bonds is 6. The molecule has 0 bridgehead atoms. The molecule has 0 aliphatic carbocycles. The molecule has 2 N–H and O–H groups in total. The van der Waals surface area contributed by atoms with Gasteiger partial charge in [0.15, 0.2) is 15.8 Å². The molecule has 2 aromatic rings. The quantitative estimate of drug-likeness (QED) is 0.315. The van der Waals surface area contributed by atoms with Gasteiger partial charge in [0.2, 0.25) is 0 Å². The molecule has 1 fully saturated rings. The molecule has 4 rings (SSSR count). The normalized spacial score (nSPS) is 21.7. The summed E-state index contributed by atoms with van der Waals surface area (Å²) in [6.07, 6.45) is 1.72. The Morgan fingerprint density at radius 2 is 2.10 bits per heavy atom. The van der Waals surface area contributed by atoms with Crippen LogP contribution in [0.3, 0.4) is 0 Å². The van der Waals surface area contributed by atoms with Gasteiger partial charge in [-0.2, -0.15) is 0 Å². The minimum Gasteiger partial charge on any atom is -0.357 e. The summed E-state index contributed by atoms with van der Waals surface area (Å²) in [4.78, 5) is 8.89. The summed E-state index contributed by atoms with van der Waals surface area (Å²) in [5.41, 5.74) is 2.69. The Labute approximate surface area is 206 Å². The molecule has 1 saturated heterocycles. The number of benzene rings is 1. The zero-order valence-corrected chi connectivity index (χ0v) is 21.8. The molecule has 1 aromatic carbocycles. The van der Waals surface area contributed by atoms with Crippen molar-refractivity contribution in [2.75, 3.05) is 31.1 Å². The number of nitrogens with zero attached hydrogens (tertiary/aromatic N) is 2. The first-order chi connectivity index (χ1) is 14.5. The van der Waals surface area contributed by atoms with E-state index in [1.807, 2.05) is 24.3 Å². The zero-order valence-electron chi connectivity index (χ0n) is 17.8. The number of nitrogens with one attached hydrogen (secondary N) is 2. The van der Waals surface area contributed by atoms with Crippen molar-refractivity contribution >= 4 is 51.1 Å². The number of fused-ring (bicyclic) bond motifs is 1. The Hall–Kier alpha value is -1.17. The van der Waals surface area contributed by atoms with Crippen LogP contribution < -0.4 is 10.6 Å². The number of hydrogen-bond acceptors (Lipinski definition) is 5. The highest BCUT2D eigenvalue weighted by Gasteiger charge is 2.29. The molecule has 31 heavy (non-hydrogen) atoms. The van der Waals surface area contributed by atoms with Crippen molar-refractivity contribution in [3.63, 3.8) is 0 Å². The molecule has 2 unspecified atom stereocenters.